The summed E-state index contributed by atoms with van der Waals surface area (Å²) in [5, 5.41) is 3.13. The normalized spacial score (nSPS) is 17.9. The van der Waals surface area contributed by atoms with Crippen molar-refractivity contribution in [3.8, 4) is 5.75 Å². The summed E-state index contributed by atoms with van der Waals surface area (Å²) in [6.45, 7) is 3.84. The minimum absolute atomic E-state index is 0.0971. The molecule has 2 atom stereocenters. The molecule has 5 rings (SSSR count). The Kier molecular flexibility index (Phi) is 6.75. The maximum absolute atomic E-state index is 13.6. The fraction of sp³-hybridized carbons (Fsp3) is 0.345. The molecule has 36 heavy (non-hydrogen) atoms. The molecular formula is C29H32N2O4S. The van der Waals surface area contributed by atoms with E-state index < -0.39 is 16.1 Å². The van der Waals surface area contributed by atoms with E-state index in [1.54, 1.807) is 42.5 Å². The van der Waals surface area contributed by atoms with Crippen LogP contribution in [-0.4, -0.2) is 27.0 Å². The predicted octanol–water partition coefficient (Wildman–Crippen LogP) is 5.10. The molecule has 0 saturated heterocycles. The zero-order valence-electron chi connectivity index (χ0n) is 20.7. The number of hydrogen-bond donors (Lipinski definition) is 1. The Labute approximate surface area is 213 Å². The van der Waals surface area contributed by atoms with Gasteiger partial charge in [0.15, 0.2) is 6.10 Å². The number of ether oxygens (including phenoxy) is 1. The topological polar surface area (TPSA) is 75.7 Å². The van der Waals surface area contributed by atoms with Crippen LogP contribution in [0.25, 0.3) is 0 Å². The van der Waals surface area contributed by atoms with E-state index in [2.05, 4.69) is 23.5 Å². The van der Waals surface area contributed by atoms with Gasteiger partial charge in [-0.2, -0.15) is 0 Å². The highest BCUT2D eigenvalue weighted by Crippen LogP contribution is 2.38. The first-order chi connectivity index (χ1) is 17.4. The molecule has 3 aromatic carbocycles. The smallest absolute Gasteiger partial charge is 0.264 e. The van der Waals surface area contributed by atoms with E-state index >= 15 is 0 Å². The van der Waals surface area contributed by atoms with Crippen molar-refractivity contribution in [2.75, 3.05) is 10.8 Å². The molecule has 1 aliphatic heterocycles. The molecule has 0 fully saturated rings. The third-order valence-corrected chi connectivity index (χ3v) is 8.90. The number of carbonyl (C=O) groups is 1. The average Bonchev–Trinajstić information content (AvgIpc) is 2.91. The van der Waals surface area contributed by atoms with Gasteiger partial charge in [-0.15, -0.1) is 0 Å². The van der Waals surface area contributed by atoms with Gasteiger partial charge in [0.1, 0.15) is 5.75 Å². The third kappa shape index (κ3) is 4.72. The summed E-state index contributed by atoms with van der Waals surface area (Å²) in [6.07, 6.45) is 4.36. The summed E-state index contributed by atoms with van der Waals surface area (Å²) in [4.78, 5) is 13.6. The largest absolute Gasteiger partial charge is 0.476 e. The zero-order valence-corrected chi connectivity index (χ0v) is 21.6. The van der Waals surface area contributed by atoms with Crippen LogP contribution in [0, 0.1) is 6.92 Å². The Morgan fingerprint density at radius 2 is 1.78 bits per heavy atom. The van der Waals surface area contributed by atoms with Crippen LogP contribution < -0.4 is 14.4 Å². The molecule has 3 aromatic rings. The van der Waals surface area contributed by atoms with E-state index in [0.717, 1.165) is 30.4 Å². The monoisotopic (exact) mass is 504 g/mol. The lowest BCUT2D eigenvalue weighted by atomic mass is 9.88. The highest BCUT2D eigenvalue weighted by molar-refractivity contribution is 7.92. The van der Waals surface area contributed by atoms with Gasteiger partial charge in [0.05, 0.1) is 23.2 Å². The number of amides is 1. The molecule has 0 saturated carbocycles. The van der Waals surface area contributed by atoms with Crippen LogP contribution >= 0.6 is 0 Å². The lowest BCUT2D eigenvalue weighted by Gasteiger charge is -2.35. The van der Waals surface area contributed by atoms with E-state index in [-0.39, 0.29) is 23.4 Å². The second kappa shape index (κ2) is 9.97. The molecule has 0 unspecified atom stereocenters. The number of fused-ring (bicyclic) bond motifs is 2. The van der Waals surface area contributed by atoms with Gasteiger partial charge >= 0.3 is 0 Å². The summed E-state index contributed by atoms with van der Waals surface area (Å²) in [6, 6.07) is 20.0. The molecule has 1 heterocycles. The first-order valence-corrected chi connectivity index (χ1v) is 14.1. The van der Waals surface area contributed by atoms with Crippen molar-refractivity contribution in [1.29, 1.82) is 0 Å². The number of nitrogens with zero attached hydrogens (tertiary/aromatic N) is 1. The summed E-state index contributed by atoms with van der Waals surface area (Å²) >= 11 is 0. The lowest BCUT2D eigenvalue weighted by Crippen LogP contribution is -2.51. The second-order valence-corrected chi connectivity index (χ2v) is 11.5. The van der Waals surface area contributed by atoms with E-state index in [4.69, 9.17) is 4.74 Å². The molecule has 6 nitrogen and oxygen atoms in total. The van der Waals surface area contributed by atoms with Crippen molar-refractivity contribution in [1.82, 2.24) is 5.32 Å². The van der Waals surface area contributed by atoms with Crippen molar-refractivity contribution < 1.29 is 17.9 Å². The number of carbonyl (C=O) groups excluding carboxylic acids is 1. The molecule has 188 valence electrons. The van der Waals surface area contributed by atoms with E-state index in [1.807, 2.05) is 19.9 Å². The van der Waals surface area contributed by atoms with Crippen molar-refractivity contribution >= 4 is 21.6 Å². The number of sulfonamides is 1. The maximum Gasteiger partial charge on any atom is 0.264 e. The van der Waals surface area contributed by atoms with Gasteiger partial charge in [0.2, 0.25) is 0 Å². The molecule has 0 aromatic heterocycles. The molecule has 2 aliphatic rings. The fourth-order valence-electron chi connectivity index (χ4n) is 5.10. The number of nitrogens with one attached hydrogen (secondary N) is 1. The first-order valence-electron chi connectivity index (χ1n) is 12.6. The third-order valence-electron chi connectivity index (χ3n) is 7.11. The van der Waals surface area contributed by atoms with Gasteiger partial charge < -0.3 is 10.1 Å². The van der Waals surface area contributed by atoms with Gasteiger partial charge in [0, 0.05) is 0 Å². The molecular weight excluding hydrogens is 472 g/mol. The van der Waals surface area contributed by atoms with Crippen molar-refractivity contribution in [3.05, 3.63) is 89.0 Å². The quantitative estimate of drug-likeness (QED) is 0.507. The molecule has 0 spiro atoms. The van der Waals surface area contributed by atoms with Crippen LogP contribution in [-0.2, 0) is 27.7 Å². The second-order valence-electron chi connectivity index (χ2n) is 9.63. The first kappa shape index (κ1) is 24.4. The molecule has 1 N–H and O–H groups in total. The van der Waals surface area contributed by atoms with Crippen LogP contribution in [0.2, 0.25) is 0 Å². The fourth-order valence-corrected chi connectivity index (χ4v) is 6.59. The molecule has 7 heteroatoms. The van der Waals surface area contributed by atoms with Gasteiger partial charge in [-0.3, -0.25) is 9.10 Å². The van der Waals surface area contributed by atoms with E-state index in [1.165, 1.54) is 28.3 Å². The van der Waals surface area contributed by atoms with Gasteiger partial charge in [0.25, 0.3) is 15.9 Å². The lowest BCUT2D eigenvalue weighted by molar-refractivity contribution is -0.128. The van der Waals surface area contributed by atoms with Crippen LogP contribution in [0.1, 0.15) is 54.5 Å². The Hall–Kier alpha value is -3.32. The molecule has 0 radical (unpaired) electrons. The van der Waals surface area contributed by atoms with Gasteiger partial charge in [-0.25, -0.2) is 8.42 Å². The van der Waals surface area contributed by atoms with Crippen molar-refractivity contribution in [2.24, 2.45) is 0 Å². The zero-order chi connectivity index (χ0) is 25.3. The highest BCUT2D eigenvalue weighted by Gasteiger charge is 2.38. The van der Waals surface area contributed by atoms with Crippen molar-refractivity contribution in [3.63, 3.8) is 0 Å². The van der Waals surface area contributed by atoms with Crippen LogP contribution in [0.4, 0.5) is 5.69 Å². The highest BCUT2D eigenvalue weighted by atomic mass is 32.2. The standard InChI is InChI=1S/C29H32N2O4S/c1-3-25(23-15-14-21-9-7-8-10-22(21)18-23)30-29(32)28-19-31(26-17-20(2)13-16-27(26)35-28)36(33,34)24-11-5-4-6-12-24/h4-6,11-18,25,28H,3,7-10,19H2,1-2H3,(H,30,32)/t25-,28+/m1/s1. The maximum atomic E-state index is 13.6. The summed E-state index contributed by atoms with van der Waals surface area (Å²) in [7, 11) is -3.88. The predicted molar refractivity (Wildman–Crippen MR) is 141 cm³/mol. The number of anilines is 1. The Morgan fingerprint density at radius 1 is 1.03 bits per heavy atom. The van der Waals surface area contributed by atoms with Crippen LogP contribution in [0.15, 0.2) is 71.6 Å². The molecule has 1 aliphatic carbocycles. The molecule has 1 amide bonds. The van der Waals surface area contributed by atoms with Crippen LogP contribution in [0.3, 0.4) is 0 Å². The average molecular weight is 505 g/mol. The number of hydrogen-bond acceptors (Lipinski definition) is 4. The SMILES string of the molecule is CC[C@@H](NC(=O)[C@@H]1CN(S(=O)(=O)c2ccccc2)c2cc(C)ccc2O1)c1ccc2c(c1)CCCC2. The van der Waals surface area contributed by atoms with Crippen molar-refractivity contribution in [2.45, 2.75) is 63.0 Å². The minimum Gasteiger partial charge on any atom is -0.476 e. The number of benzene rings is 3. The minimum atomic E-state index is -3.88. The van der Waals surface area contributed by atoms with Crippen LogP contribution in [0.5, 0.6) is 5.75 Å². The number of aryl methyl sites for hydroxylation is 3. The summed E-state index contributed by atoms with van der Waals surface area (Å²) in [5.74, 6) is 0.0624. The Morgan fingerprint density at radius 3 is 2.53 bits per heavy atom. The number of rotatable bonds is 6. The van der Waals surface area contributed by atoms with Gasteiger partial charge in [-0.1, -0.05) is 49.4 Å². The summed E-state index contributed by atoms with van der Waals surface area (Å²) in [5.41, 5.74) is 5.20. The summed E-state index contributed by atoms with van der Waals surface area (Å²) < 4.78 is 34.6. The Balaban J connectivity index is 1.42. The molecule has 0 bridgehead atoms. The van der Waals surface area contributed by atoms with E-state index in [9.17, 15) is 13.2 Å². The Bertz CT molecular complexity index is 1370. The van der Waals surface area contributed by atoms with Gasteiger partial charge in [-0.05, 0) is 85.5 Å². The van der Waals surface area contributed by atoms with E-state index in [0.29, 0.717) is 11.4 Å².